The van der Waals surface area contributed by atoms with Gasteiger partial charge < -0.3 is 35.1 Å². The molecule has 1 aliphatic carbocycles. The van der Waals surface area contributed by atoms with Gasteiger partial charge in [0.2, 0.25) is 5.88 Å². The van der Waals surface area contributed by atoms with Crippen LogP contribution in [0.15, 0.2) is 89.5 Å². The molecule has 3 amide bonds. The first-order chi connectivity index (χ1) is 33.7. The zero-order chi connectivity index (χ0) is 48.7. The van der Waals surface area contributed by atoms with Crippen LogP contribution in [0.25, 0.3) is 16.6 Å². The maximum atomic E-state index is 14.4. The molecule has 0 saturated carbocycles. The maximum absolute atomic E-state index is 14.4. The molecule has 5 aliphatic rings. The highest BCUT2D eigenvalue weighted by Crippen LogP contribution is 2.44. The number of piperazine rings is 1. The Hall–Kier alpha value is -6.41. The summed E-state index contributed by atoms with van der Waals surface area (Å²) < 4.78 is 36.3. The van der Waals surface area contributed by atoms with Gasteiger partial charge in [0.15, 0.2) is 0 Å². The molecule has 2 aromatic heterocycles. The number of hydrogen-bond donors (Lipinski definition) is 4. The van der Waals surface area contributed by atoms with Crippen LogP contribution >= 0.6 is 11.6 Å². The number of rotatable bonds is 13. The summed E-state index contributed by atoms with van der Waals surface area (Å²) >= 11 is 6.27. The van der Waals surface area contributed by atoms with Crippen LogP contribution in [0.5, 0.6) is 5.88 Å². The average molecular weight is 993 g/mol. The highest BCUT2D eigenvalue weighted by atomic mass is 35.5. The number of benzene rings is 3. The van der Waals surface area contributed by atoms with E-state index in [0.29, 0.717) is 62.2 Å². The van der Waals surface area contributed by atoms with Crippen molar-refractivity contribution in [2.24, 2.45) is 5.41 Å². The minimum Gasteiger partial charge on any atom is -0.474 e. The van der Waals surface area contributed by atoms with Gasteiger partial charge in [0.25, 0.3) is 21.6 Å². The first-order valence-electron chi connectivity index (χ1n) is 24.0. The number of halogens is 1. The van der Waals surface area contributed by atoms with Crippen LogP contribution < -0.4 is 29.9 Å². The number of anilines is 4. The number of carbonyl (C=O) groups excluding carboxylic acids is 2. The Morgan fingerprint density at radius 2 is 1.76 bits per heavy atom. The second-order valence-electron chi connectivity index (χ2n) is 19.6. The van der Waals surface area contributed by atoms with Gasteiger partial charge in [-0.15, -0.1) is 0 Å². The fourth-order valence-electron chi connectivity index (χ4n) is 10.5. The number of amides is 3. The fourth-order valence-corrected chi connectivity index (χ4v) is 11.6. The lowest BCUT2D eigenvalue weighted by Crippen LogP contribution is -2.47. The van der Waals surface area contributed by atoms with Gasteiger partial charge in [-0.05, 0) is 96.8 Å². The molecule has 4 aliphatic heterocycles. The standard InChI is InChI=1S/C50H58ClN11O7S/c1-50(2)14-11-35(41(30-50)33-3-5-36(51)6-4-33)32-58-19-22-59(23-20-58)37-7-9-40(43(28-37)61-25-26-69-48-45(61)27-34-12-15-53-46(34)55-48)47(63)56-70(67,68)39-8-10-42(44(29-39)62(65)66)52-16-18-57-17-13-38-31-54-49(64)60(38)24-21-57/h3-10,12,15,27-29,38,52H,11,13-14,16-26,30-32H2,1-2H3,(H,53,55)(H,54,64)(H,56,63)/t38-/m1/s1. The van der Waals surface area contributed by atoms with Gasteiger partial charge in [-0.1, -0.05) is 43.2 Å². The lowest BCUT2D eigenvalue weighted by molar-refractivity contribution is -0.384. The number of pyridine rings is 1. The van der Waals surface area contributed by atoms with Crippen molar-refractivity contribution in [1.29, 1.82) is 0 Å². The quantitative estimate of drug-likeness (QED) is 0.0690. The van der Waals surface area contributed by atoms with Gasteiger partial charge in [-0.2, -0.15) is 4.98 Å². The van der Waals surface area contributed by atoms with E-state index in [1.165, 1.54) is 28.8 Å². The van der Waals surface area contributed by atoms with E-state index in [9.17, 15) is 28.1 Å². The molecule has 3 saturated heterocycles. The normalized spacial score (nSPS) is 19.8. The molecule has 18 nitrogen and oxygen atoms in total. The summed E-state index contributed by atoms with van der Waals surface area (Å²) in [6.07, 6.45) is 5.79. The Morgan fingerprint density at radius 3 is 2.56 bits per heavy atom. The van der Waals surface area contributed by atoms with Gasteiger partial charge in [0.05, 0.1) is 33.7 Å². The highest BCUT2D eigenvalue weighted by Gasteiger charge is 2.34. The third-order valence-corrected chi connectivity index (χ3v) is 16.0. The SMILES string of the molecule is CC1(C)CCC(CN2CCN(c3ccc(C(=O)NS(=O)(=O)c4ccc(NCCN5CC[C@@H]6CNC(=O)N6CC5)c([N+](=O)[O-])c4)c(N4CCOc5nc6[nH]ccc6cc54)c3)CC2)=C(c2ccc(Cl)cc2)C1. The Kier molecular flexibility index (Phi) is 13.1. The molecule has 1 atom stereocenters. The number of ether oxygens (including phenoxy) is 1. The van der Waals surface area contributed by atoms with Crippen LogP contribution in [0.1, 0.15) is 55.5 Å². The number of nitro groups is 1. The molecule has 3 aromatic carbocycles. The first-order valence-corrected chi connectivity index (χ1v) is 25.9. The van der Waals surface area contributed by atoms with Gasteiger partial charge in [-0.3, -0.25) is 24.7 Å². The van der Waals surface area contributed by atoms with Gasteiger partial charge in [0, 0.05) is 100 Å². The van der Waals surface area contributed by atoms with E-state index in [-0.39, 0.29) is 35.3 Å². The zero-order valence-electron chi connectivity index (χ0n) is 39.4. The molecule has 5 aromatic rings. The van der Waals surface area contributed by atoms with Crippen molar-refractivity contribution in [2.75, 3.05) is 100 Å². The van der Waals surface area contributed by atoms with Crippen molar-refractivity contribution >= 4 is 78.6 Å². The van der Waals surface area contributed by atoms with Crippen molar-refractivity contribution < 1.29 is 27.7 Å². The Balaban J connectivity index is 0.871. The third kappa shape index (κ3) is 9.97. The van der Waals surface area contributed by atoms with E-state index in [1.807, 2.05) is 46.2 Å². The van der Waals surface area contributed by atoms with Gasteiger partial charge in [0.1, 0.15) is 23.6 Å². The summed E-state index contributed by atoms with van der Waals surface area (Å²) in [5, 5.41) is 19.9. The number of sulfonamides is 1. The molecular formula is C50H58ClN11O7S. The summed E-state index contributed by atoms with van der Waals surface area (Å²) in [5.41, 5.74) is 6.75. The fraction of sp³-hybridized carbons (Fsp3) is 0.420. The topological polar surface area (TPSA) is 202 Å². The van der Waals surface area contributed by atoms with E-state index >= 15 is 0 Å². The largest absolute Gasteiger partial charge is 0.474 e. The molecule has 0 spiro atoms. The molecule has 70 heavy (non-hydrogen) atoms. The number of fused-ring (bicyclic) bond motifs is 3. The first kappa shape index (κ1) is 47.3. The maximum Gasteiger partial charge on any atom is 0.317 e. The van der Waals surface area contributed by atoms with Crippen molar-refractivity contribution in [2.45, 2.75) is 50.5 Å². The predicted octanol–water partition coefficient (Wildman–Crippen LogP) is 7.07. The molecule has 10 rings (SSSR count). The number of nitro benzene ring substituents is 1. The number of urea groups is 1. The number of aromatic nitrogens is 2. The number of aromatic amines is 1. The van der Waals surface area contributed by atoms with E-state index in [2.05, 4.69) is 61.0 Å². The van der Waals surface area contributed by atoms with Gasteiger partial charge >= 0.3 is 6.03 Å². The molecular weight excluding hydrogens is 934 g/mol. The molecule has 0 radical (unpaired) electrons. The minimum atomic E-state index is -4.61. The number of allylic oxidation sites excluding steroid dienone is 1. The third-order valence-electron chi connectivity index (χ3n) is 14.4. The molecule has 3 fully saturated rings. The monoisotopic (exact) mass is 991 g/mol. The molecule has 20 heteroatoms. The number of hydrogen-bond acceptors (Lipinski definition) is 13. The van der Waals surface area contributed by atoms with Crippen LogP contribution in [0, 0.1) is 15.5 Å². The van der Waals surface area contributed by atoms with Gasteiger partial charge in [-0.25, -0.2) is 17.9 Å². The summed E-state index contributed by atoms with van der Waals surface area (Å²) in [7, 11) is -4.61. The summed E-state index contributed by atoms with van der Waals surface area (Å²) in [6, 6.07) is 21.1. The number of H-pyrrole nitrogens is 1. The van der Waals surface area contributed by atoms with Crippen LogP contribution in [0.2, 0.25) is 5.02 Å². The highest BCUT2D eigenvalue weighted by molar-refractivity contribution is 7.90. The molecule has 6 heterocycles. The minimum absolute atomic E-state index is 0.0536. The molecule has 4 N–H and O–H groups in total. The van der Waals surface area contributed by atoms with Crippen molar-refractivity contribution in [3.8, 4) is 5.88 Å². The van der Waals surface area contributed by atoms with Crippen molar-refractivity contribution in [3.63, 3.8) is 0 Å². The van der Waals surface area contributed by atoms with Crippen molar-refractivity contribution in [3.05, 3.63) is 111 Å². The molecule has 368 valence electrons. The summed E-state index contributed by atoms with van der Waals surface area (Å²) in [5.74, 6) is -0.518. The lowest BCUT2D eigenvalue weighted by Gasteiger charge is -2.39. The number of nitrogens with one attached hydrogen (secondary N) is 4. The second kappa shape index (κ2) is 19.4. The van der Waals surface area contributed by atoms with Crippen LogP contribution in [0.4, 0.5) is 33.2 Å². The molecule has 0 unspecified atom stereocenters. The van der Waals surface area contributed by atoms with Crippen LogP contribution in [-0.4, -0.2) is 141 Å². The van der Waals surface area contributed by atoms with E-state index in [1.54, 1.807) is 12.3 Å². The number of nitrogens with zero attached hydrogens (tertiary/aromatic N) is 7. The summed E-state index contributed by atoms with van der Waals surface area (Å²) in [4.78, 5) is 56.4. The predicted molar refractivity (Wildman–Crippen MR) is 271 cm³/mol. The lowest BCUT2D eigenvalue weighted by atomic mass is 9.72. The molecule has 0 bridgehead atoms. The van der Waals surface area contributed by atoms with Crippen LogP contribution in [-0.2, 0) is 10.0 Å². The van der Waals surface area contributed by atoms with E-state index in [0.717, 1.165) is 87.1 Å². The van der Waals surface area contributed by atoms with Crippen LogP contribution in [0.3, 0.4) is 0 Å². The van der Waals surface area contributed by atoms with E-state index in [4.69, 9.17) is 21.3 Å². The second-order valence-corrected chi connectivity index (χ2v) is 21.7. The smallest absolute Gasteiger partial charge is 0.317 e. The average Bonchev–Trinajstić information content (AvgIpc) is 3.90. The Bertz CT molecular complexity index is 2970. The Morgan fingerprint density at radius 1 is 0.957 bits per heavy atom. The number of carbonyl (C=O) groups is 2. The van der Waals surface area contributed by atoms with E-state index < -0.39 is 31.4 Å². The summed E-state index contributed by atoms with van der Waals surface area (Å²) in [6.45, 7) is 12.9. The Labute approximate surface area is 412 Å². The zero-order valence-corrected chi connectivity index (χ0v) is 41.0. The van der Waals surface area contributed by atoms with Crippen molar-refractivity contribution in [1.82, 2.24) is 34.7 Å².